The Morgan fingerprint density at radius 1 is 1.33 bits per heavy atom. The highest BCUT2D eigenvalue weighted by atomic mass is 16.2. The van der Waals surface area contributed by atoms with Crippen LogP contribution in [0.3, 0.4) is 0 Å². The van der Waals surface area contributed by atoms with Crippen molar-refractivity contribution in [3.05, 3.63) is 47.2 Å². The van der Waals surface area contributed by atoms with Crippen molar-refractivity contribution in [2.24, 2.45) is 5.84 Å². The van der Waals surface area contributed by atoms with Crippen LogP contribution in [0.25, 0.3) is 0 Å². The molecule has 0 aliphatic carbocycles. The van der Waals surface area contributed by atoms with Gasteiger partial charge in [0, 0.05) is 11.3 Å². The largest absolute Gasteiger partial charge is 0.336 e. The highest BCUT2D eigenvalue weighted by Gasteiger charge is 2.32. The number of benzene rings is 1. The van der Waals surface area contributed by atoms with Crippen LogP contribution >= 0.6 is 0 Å². The molecule has 2 amide bonds. The van der Waals surface area contributed by atoms with Crippen LogP contribution < -0.4 is 11.2 Å². The van der Waals surface area contributed by atoms with E-state index in [1.807, 2.05) is 30.3 Å². The van der Waals surface area contributed by atoms with Crippen LogP contribution in [0.2, 0.25) is 0 Å². The zero-order valence-corrected chi connectivity index (χ0v) is 10.3. The number of nitrogens with zero attached hydrogens (tertiary/aromatic N) is 1. The normalized spacial score (nSPS) is 19.8. The third-order valence-electron chi connectivity index (χ3n) is 3.04. The predicted molar refractivity (Wildman–Crippen MR) is 67.1 cm³/mol. The van der Waals surface area contributed by atoms with E-state index in [4.69, 9.17) is 5.84 Å². The number of urea groups is 1. The van der Waals surface area contributed by atoms with Gasteiger partial charge in [-0.1, -0.05) is 30.3 Å². The Labute approximate surface area is 105 Å². The molecule has 0 spiro atoms. The molecule has 0 saturated heterocycles. The van der Waals surface area contributed by atoms with Gasteiger partial charge < -0.3 is 5.32 Å². The van der Waals surface area contributed by atoms with E-state index >= 15 is 0 Å². The lowest BCUT2D eigenvalue weighted by molar-refractivity contribution is -0.114. The minimum atomic E-state index is -0.434. The van der Waals surface area contributed by atoms with Crippen LogP contribution in [0, 0.1) is 0 Å². The molecular weight excluding hydrogens is 230 g/mol. The summed E-state index contributed by atoms with van der Waals surface area (Å²) >= 11 is 0. The van der Waals surface area contributed by atoms with Gasteiger partial charge in [-0.2, -0.15) is 0 Å². The molecule has 0 radical (unpaired) electrons. The molecule has 1 atom stereocenters. The molecule has 1 aliphatic rings. The van der Waals surface area contributed by atoms with Gasteiger partial charge in [0.05, 0.1) is 6.04 Å². The van der Waals surface area contributed by atoms with Gasteiger partial charge in [-0.3, -0.25) is 4.79 Å². The fourth-order valence-corrected chi connectivity index (χ4v) is 2.11. The highest BCUT2D eigenvalue weighted by Crippen LogP contribution is 2.29. The van der Waals surface area contributed by atoms with Crippen molar-refractivity contribution < 1.29 is 9.59 Å². The number of hydrogen-bond donors (Lipinski definition) is 2. The molecule has 94 valence electrons. The molecule has 1 heterocycles. The molecule has 1 aromatic carbocycles. The average Bonchev–Trinajstić information content (AvgIpc) is 2.36. The second kappa shape index (κ2) is 4.62. The first kappa shape index (κ1) is 12.3. The number of Topliss-reactive ketones (excluding diaryl/α,β-unsaturated/α-hetero) is 1. The van der Waals surface area contributed by atoms with Gasteiger partial charge in [-0.05, 0) is 19.4 Å². The van der Waals surface area contributed by atoms with Gasteiger partial charge in [0.1, 0.15) is 0 Å². The Kier molecular flexibility index (Phi) is 3.16. The summed E-state index contributed by atoms with van der Waals surface area (Å²) in [6.45, 7) is 3.14. The van der Waals surface area contributed by atoms with Gasteiger partial charge in [0.2, 0.25) is 0 Å². The van der Waals surface area contributed by atoms with Gasteiger partial charge in [-0.15, -0.1) is 0 Å². The molecule has 3 N–H and O–H groups in total. The SMILES string of the molecule is CC(=O)C1=C(C)N(N)C(=O)NC1c1ccccc1. The van der Waals surface area contributed by atoms with Crippen molar-refractivity contribution in [2.75, 3.05) is 0 Å². The molecule has 1 unspecified atom stereocenters. The Morgan fingerprint density at radius 3 is 2.50 bits per heavy atom. The van der Waals surface area contributed by atoms with Gasteiger partial charge in [-0.25, -0.2) is 15.6 Å². The Hall–Kier alpha value is -2.14. The number of carbonyl (C=O) groups excluding carboxylic acids is 2. The van der Waals surface area contributed by atoms with Gasteiger partial charge >= 0.3 is 6.03 Å². The average molecular weight is 245 g/mol. The number of nitrogens with one attached hydrogen (secondary N) is 1. The van der Waals surface area contributed by atoms with Crippen LogP contribution in [0.15, 0.2) is 41.6 Å². The molecule has 1 aromatic rings. The monoisotopic (exact) mass is 245 g/mol. The van der Waals surface area contributed by atoms with Crippen molar-refractivity contribution in [1.82, 2.24) is 10.3 Å². The number of hydrogen-bond acceptors (Lipinski definition) is 3. The fraction of sp³-hybridized carbons (Fsp3) is 0.231. The standard InChI is InChI=1S/C13H15N3O2/c1-8-11(9(2)17)12(15-13(18)16(8)14)10-6-4-3-5-7-10/h3-7,12H,14H2,1-2H3,(H,15,18). The summed E-state index contributed by atoms with van der Waals surface area (Å²) in [5.41, 5.74) is 1.87. The van der Waals surface area contributed by atoms with Crippen molar-refractivity contribution in [1.29, 1.82) is 0 Å². The Bertz CT molecular complexity index is 522. The summed E-state index contributed by atoms with van der Waals surface area (Å²) in [7, 11) is 0. The Balaban J connectivity index is 2.53. The van der Waals surface area contributed by atoms with E-state index in [2.05, 4.69) is 5.32 Å². The number of allylic oxidation sites excluding steroid dienone is 1. The molecule has 1 aliphatic heterocycles. The molecule has 5 heteroatoms. The van der Waals surface area contributed by atoms with E-state index in [0.29, 0.717) is 11.3 Å². The topological polar surface area (TPSA) is 75.4 Å². The molecular formula is C13H15N3O2. The summed E-state index contributed by atoms with van der Waals surface area (Å²) in [4.78, 5) is 23.5. The van der Waals surface area contributed by atoms with Crippen molar-refractivity contribution in [2.45, 2.75) is 19.9 Å². The van der Waals surface area contributed by atoms with E-state index in [1.54, 1.807) is 6.92 Å². The first-order chi connectivity index (χ1) is 8.52. The molecule has 0 aromatic heterocycles. The molecule has 18 heavy (non-hydrogen) atoms. The van der Waals surface area contributed by atoms with E-state index in [-0.39, 0.29) is 5.78 Å². The Morgan fingerprint density at radius 2 is 1.94 bits per heavy atom. The smallest absolute Gasteiger partial charge is 0.325 e. The van der Waals surface area contributed by atoms with E-state index in [0.717, 1.165) is 10.6 Å². The highest BCUT2D eigenvalue weighted by molar-refractivity contribution is 5.98. The van der Waals surface area contributed by atoms with Gasteiger partial charge in [0.25, 0.3) is 0 Å². The second-order valence-electron chi connectivity index (χ2n) is 4.22. The number of rotatable bonds is 2. The number of carbonyl (C=O) groups is 2. The fourth-order valence-electron chi connectivity index (χ4n) is 2.11. The first-order valence-corrected chi connectivity index (χ1v) is 5.64. The first-order valence-electron chi connectivity index (χ1n) is 5.64. The lowest BCUT2D eigenvalue weighted by atomic mass is 9.93. The maximum atomic E-state index is 11.8. The lowest BCUT2D eigenvalue weighted by Gasteiger charge is -2.32. The molecule has 0 saturated carbocycles. The van der Waals surface area contributed by atoms with Crippen LogP contribution in [-0.2, 0) is 4.79 Å². The van der Waals surface area contributed by atoms with E-state index in [9.17, 15) is 9.59 Å². The zero-order chi connectivity index (χ0) is 13.3. The molecule has 0 fully saturated rings. The van der Waals surface area contributed by atoms with Crippen LogP contribution in [0.4, 0.5) is 4.79 Å². The second-order valence-corrected chi connectivity index (χ2v) is 4.22. The van der Waals surface area contributed by atoms with E-state index < -0.39 is 12.1 Å². The summed E-state index contributed by atoms with van der Waals surface area (Å²) < 4.78 is 0. The van der Waals surface area contributed by atoms with Crippen LogP contribution in [-0.4, -0.2) is 16.8 Å². The lowest BCUT2D eigenvalue weighted by Crippen LogP contribution is -2.50. The van der Waals surface area contributed by atoms with Gasteiger partial charge in [0.15, 0.2) is 5.78 Å². The van der Waals surface area contributed by atoms with Crippen LogP contribution in [0.5, 0.6) is 0 Å². The molecule has 0 bridgehead atoms. The third kappa shape index (κ3) is 2.00. The van der Waals surface area contributed by atoms with Crippen molar-refractivity contribution in [3.63, 3.8) is 0 Å². The summed E-state index contributed by atoms with van der Waals surface area (Å²) in [6, 6.07) is 8.50. The quantitative estimate of drug-likeness (QED) is 0.612. The maximum Gasteiger partial charge on any atom is 0.336 e. The zero-order valence-electron chi connectivity index (χ0n) is 10.3. The number of amides is 2. The number of hydrazine groups is 1. The van der Waals surface area contributed by atoms with E-state index in [1.165, 1.54) is 6.92 Å². The minimum absolute atomic E-state index is 0.100. The van der Waals surface area contributed by atoms with Crippen molar-refractivity contribution in [3.8, 4) is 0 Å². The van der Waals surface area contributed by atoms with Crippen molar-refractivity contribution >= 4 is 11.8 Å². The van der Waals surface area contributed by atoms with Crippen LogP contribution in [0.1, 0.15) is 25.5 Å². The number of ketones is 1. The summed E-state index contributed by atoms with van der Waals surface area (Å²) in [6.07, 6.45) is 0. The maximum absolute atomic E-state index is 11.8. The summed E-state index contributed by atoms with van der Waals surface area (Å²) in [5, 5.41) is 3.70. The number of nitrogens with two attached hydrogens (primary N) is 1. The third-order valence-corrected chi connectivity index (χ3v) is 3.04. The molecule has 2 rings (SSSR count). The predicted octanol–water partition coefficient (Wildman–Crippen LogP) is 1.49. The minimum Gasteiger partial charge on any atom is -0.325 e. The molecule has 5 nitrogen and oxygen atoms in total. The summed E-state index contributed by atoms with van der Waals surface area (Å²) in [5.74, 6) is 5.50.